The molecule has 3 rings (SSSR count). The summed E-state index contributed by atoms with van der Waals surface area (Å²) < 4.78 is 12.0. The molecule has 1 aliphatic heterocycles. The molecule has 2 N–H and O–H groups in total. The van der Waals surface area contributed by atoms with Crippen LogP contribution in [0.3, 0.4) is 0 Å². The number of carbonyl (C=O) groups is 1. The number of esters is 1. The first kappa shape index (κ1) is 17.2. The number of fused-ring (bicyclic) bond motifs is 1. The fourth-order valence-corrected chi connectivity index (χ4v) is 5.07. The molecule has 0 aromatic carbocycles. The van der Waals surface area contributed by atoms with Crippen LogP contribution >= 0.6 is 0 Å². The van der Waals surface area contributed by atoms with Crippen molar-refractivity contribution in [2.45, 2.75) is 78.6 Å². The van der Waals surface area contributed by atoms with Gasteiger partial charge in [-0.05, 0) is 63.2 Å². The molecule has 4 nitrogen and oxygen atoms in total. The van der Waals surface area contributed by atoms with Crippen molar-refractivity contribution in [2.75, 3.05) is 6.61 Å². The molecule has 2 saturated carbocycles. The van der Waals surface area contributed by atoms with Gasteiger partial charge in [-0.2, -0.15) is 0 Å². The largest absolute Gasteiger partial charge is 0.459 e. The summed E-state index contributed by atoms with van der Waals surface area (Å²) in [5.41, 5.74) is 5.09. The van der Waals surface area contributed by atoms with E-state index in [1.807, 2.05) is 20.8 Å². The predicted molar refractivity (Wildman–Crippen MR) is 89.8 cm³/mol. The molecule has 132 valence electrons. The molecule has 3 aliphatic rings. The van der Waals surface area contributed by atoms with Gasteiger partial charge in [0.1, 0.15) is 6.10 Å². The van der Waals surface area contributed by atoms with Crippen molar-refractivity contribution in [1.29, 1.82) is 0 Å². The molecular formula is C19H33NO3. The molecule has 0 radical (unpaired) electrons. The van der Waals surface area contributed by atoms with E-state index in [9.17, 15) is 4.79 Å². The molecule has 2 aliphatic carbocycles. The lowest BCUT2D eigenvalue weighted by Crippen LogP contribution is -2.57. The van der Waals surface area contributed by atoms with Crippen LogP contribution in [0.4, 0.5) is 0 Å². The Morgan fingerprint density at radius 2 is 1.78 bits per heavy atom. The van der Waals surface area contributed by atoms with E-state index >= 15 is 0 Å². The quantitative estimate of drug-likeness (QED) is 0.807. The van der Waals surface area contributed by atoms with E-state index in [0.717, 1.165) is 19.4 Å². The normalized spacial score (nSPS) is 38.7. The topological polar surface area (TPSA) is 61.5 Å². The zero-order valence-corrected chi connectivity index (χ0v) is 15.5. The summed E-state index contributed by atoms with van der Waals surface area (Å²) in [7, 11) is 0. The third-order valence-electron chi connectivity index (χ3n) is 6.50. The third kappa shape index (κ3) is 2.82. The van der Waals surface area contributed by atoms with Crippen LogP contribution in [-0.4, -0.2) is 30.3 Å². The van der Waals surface area contributed by atoms with Gasteiger partial charge in [0.15, 0.2) is 0 Å². The van der Waals surface area contributed by atoms with Gasteiger partial charge in [0.05, 0.1) is 18.1 Å². The Balaban J connectivity index is 1.77. The Hall–Kier alpha value is -0.610. The summed E-state index contributed by atoms with van der Waals surface area (Å²) >= 11 is 0. The number of carbonyl (C=O) groups excluding carboxylic acids is 1. The van der Waals surface area contributed by atoms with Crippen molar-refractivity contribution in [3.63, 3.8) is 0 Å². The van der Waals surface area contributed by atoms with Crippen molar-refractivity contribution >= 4 is 5.97 Å². The van der Waals surface area contributed by atoms with E-state index in [4.69, 9.17) is 15.2 Å². The molecule has 3 fully saturated rings. The molecular weight excluding hydrogens is 290 g/mol. The van der Waals surface area contributed by atoms with Crippen LogP contribution in [0.2, 0.25) is 0 Å². The molecule has 6 atom stereocenters. The van der Waals surface area contributed by atoms with Crippen LogP contribution in [0.15, 0.2) is 0 Å². The van der Waals surface area contributed by atoms with Crippen molar-refractivity contribution in [2.24, 2.45) is 34.3 Å². The van der Waals surface area contributed by atoms with E-state index in [2.05, 4.69) is 20.8 Å². The Labute approximate surface area is 140 Å². The van der Waals surface area contributed by atoms with E-state index in [0.29, 0.717) is 24.2 Å². The Kier molecular flexibility index (Phi) is 3.89. The third-order valence-corrected chi connectivity index (χ3v) is 6.50. The van der Waals surface area contributed by atoms with E-state index in [1.165, 1.54) is 0 Å². The molecule has 1 saturated heterocycles. The van der Waals surface area contributed by atoms with Crippen LogP contribution in [0, 0.1) is 28.6 Å². The molecule has 2 bridgehead atoms. The lowest BCUT2D eigenvalue weighted by Gasteiger charge is -2.44. The van der Waals surface area contributed by atoms with E-state index < -0.39 is 11.0 Å². The summed E-state index contributed by atoms with van der Waals surface area (Å²) in [5, 5.41) is 0. The summed E-state index contributed by atoms with van der Waals surface area (Å²) in [4.78, 5) is 13.1. The summed E-state index contributed by atoms with van der Waals surface area (Å²) in [6, 6.07) is 0. The highest BCUT2D eigenvalue weighted by atomic mass is 16.6. The molecule has 6 unspecified atom stereocenters. The van der Waals surface area contributed by atoms with Crippen molar-refractivity contribution in [3.05, 3.63) is 0 Å². The van der Waals surface area contributed by atoms with Crippen LogP contribution in [-0.2, 0) is 14.3 Å². The molecule has 0 aromatic heterocycles. The van der Waals surface area contributed by atoms with Gasteiger partial charge in [-0.15, -0.1) is 0 Å². The molecule has 0 spiro atoms. The first-order chi connectivity index (χ1) is 10.4. The zero-order chi connectivity index (χ0) is 17.2. The smallest absolute Gasteiger partial charge is 0.314 e. The molecule has 4 heteroatoms. The van der Waals surface area contributed by atoms with Gasteiger partial charge < -0.3 is 15.2 Å². The van der Waals surface area contributed by atoms with E-state index in [-0.39, 0.29) is 23.6 Å². The van der Waals surface area contributed by atoms with Crippen molar-refractivity contribution in [3.8, 4) is 0 Å². The second kappa shape index (κ2) is 5.19. The van der Waals surface area contributed by atoms with Crippen molar-refractivity contribution in [1.82, 2.24) is 0 Å². The van der Waals surface area contributed by atoms with Gasteiger partial charge in [-0.3, -0.25) is 4.79 Å². The predicted octanol–water partition coefficient (Wildman–Crippen LogP) is 3.13. The number of rotatable bonds is 4. The first-order valence-electron chi connectivity index (χ1n) is 9.04. The lowest BCUT2D eigenvalue weighted by molar-refractivity contribution is -0.175. The maximum absolute atomic E-state index is 13.1. The zero-order valence-electron chi connectivity index (χ0n) is 15.5. The van der Waals surface area contributed by atoms with Gasteiger partial charge in [0.2, 0.25) is 0 Å². The minimum atomic E-state index is -0.703. The number of ether oxygens (including phenoxy) is 2. The van der Waals surface area contributed by atoms with Gasteiger partial charge in [-0.1, -0.05) is 20.8 Å². The van der Waals surface area contributed by atoms with Crippen LogP contribution < -0.4 is 5.73 Å². The van der Waals surface area contributed by atoms with Gasteiger partial charge in [0, 0.05) is 5.54 Å². The molecule has 0 amide bonds. The van der Waals surface area contributed by atoms with E-state index in [1.54, 1.807) is 0 Å². The monoisotopic (exact) mass is 323 g/mol. The highest BCUT2D eigenvalue weighted by Crippen LogP contribution is 2.55. The number of nitrogens with two attached hydrogens (primary N) is 1. The molecule has 1 heterocycles. The van der Waals surface area contributed by atoms with Gasteiger partial charge in [-0.25, -0.2) is 0 Å². The fraction of sp³-hybridized carbons (Fsp3) is 0.947. The Bertz CT molecular complexity index is 488. The highest BCUT2D eigenvalue weighted by molar-refractivity contribution is 5.78. The average Bonchev–Trinajstić information content (AvgIpc) is 2.96. The average molecular weight is 323 g/mol. The number of hydrogen-bond acceptors (Lipinski definition) is 4. The van der Waals surface area contributed by atoms with Gasteiger partial charge in [0.25, 0.3) is 0 Å². The van der Waals surface area contributed by atoms with Crippen LogP contribution in [0.1, 0.15) is 60.8 Å². The second-order valence-corrected chi connectivity index (χ2v) is 10.1. The molecule has 0 aromatic rings. The summed E-state index contributed by atoms with van der Waals surface area (Å²) in [5.74, 6) is 1.65. The van der Waals surface area contributed by atoms with Crippen LogP contribution in [0.25, 0.3) is 0 Å². The summed E-state index contributed by atoms with van der Waals surface area (Å²) in [6.07, 6.45) is 3.09. The molecule has 23 heavy (non-hydrogen) atoms. The maximum atomic E-state index is 13.1. The van der Waals surface area contributed by atoms with Gasteiger partial charge >= 0.3 is 5.97 Å². The minimum absolute atomic E-state index is 0.00798. The van der Waals surface area contributed by atoms with Crippen LogP contribution in [0.5, 0.6) is 0 Å². The minimum Gasteiger partial charge on any atom is -0.459 e. The second-order valence-electron chi connectivity index (χ2n) is 10.1. The standard InChI is InChI=1S/C19H33NO3/c1-17(2,3)10-19(6,18(4,5)20)16(21)23-14-11-7-12-9-22-15(14)13(12)8-11/h11-15H,7-10,20H2,1-6H3. The first-order valence-corrected chi connectivity index (χ1v) is 9.04. The Morgan fingerprint density at radius 1 is 1.13 bits per heavy atom. The maximum Gasteiger partial charge on any atom is 0.314 e. The SMILES string of the molecule is CC(C)(C)CC(C)(C(=O)OC1C2CC3COC1C3C2)C(C)(C)N. The number of hydrogen-bond donors (Lipinski definition) is 1. The lowest BCUT2D eigenvalue weighted by atomic mass is 9.65. The van der Waals surface area contributed by atoms with Crippen molar-refractivity contribution < 1.29 is 14.3 Å². The Morgan fingerprint density at radius 3 is 2.35 bits per heavy atom. The highest BCUT2D eigenvalue weighted by Gasteiger charge is 2.60. The summed E-state index contributed by atoms with van der Waals surface area (Å²) in [6.45, 7) is 13.1. The fourth-order valence-electron chi connectivity index (χ4n) is 5.07.